The van der Waals surface area contributed by atoms with Crippen molar-refractivity contribution in [1.82, 2.24) is 10.2 Å². The predicted molar refractivity (Wildman–Crippen MR) is 72.8 cm³/mol. The molecule has 1 saturated heterocycles. The minimum absolute atomic E-state index is 0.0727. The number of nitrogens with zero attached hydrogens (tertiary/aromatic N) is 3. The third-order valence-electron chi connectivity index (χ3n) is 2.65. The number of hydrogen-bond donors (Lipinski definition) is 1. The number of anilines is 1. The van der Waals surface area contributed by atoms with Crippen molar-refractivity contribution in [2.45, 2.75) is 12.5 Å². The zero-order chi connectivity index (χ0) is 13.1. The standard InChI is InChI=1S/C10H11Cl2N3O2S/c11-8-4-7(10(12)14-13-8)15-1-2-18-5-6(15)3-9(16)17/h4,6H,1-3,5H2,(H,16,17). The lowest BCUT2D eigenvalue weighted by molar-refractivity contribution is -0.137. The lowest BCUT2D eigenvalue weighted by Crippen LogP contribution is -2.44. The summed E-state index contributed by atoms with van der Waals surface area (Å²) in [5.41, 5.74) is 0.656. The molecule has 2 rings (SSSR count). The van der Waals surface area contributed by atoms with E-state index in [9.17, 15) is 4.79 Å². The highest BCUT2D eigenvalue weighted by Crippen LogP contribution is 2.31. The Balaban J connectivity index is 2.27. The summed E-state index contributed by atoms with van der Waals surface area (Å²) < 4.78 is 0. The van der Waals surface area contributed by atoms with E-state index in [1.165, 1.54) is 0 Å². The van der Waals surface area contributed by atoms with Gasteiger partial charge in [-0.3, -0.25) is 4.79 Å². The molecule has 1 atom stereocenters. The Kier molecular flexibility index (Phi) is 4.53. The average Bonchev–Trinajstić information content (AvgIpc) is 2.32. The molecular formula is C10H11Cl2N3O2S. The third-order valence-corrected chi connectivity index (χ3v) is 4.19. The number of aromatic nitrogens is 2. The summed E-state index contributed by atoms with van der Waals surface area (Å²) in [4.78, 5) is 12.8. The number of hydrogen-bond acceptors (Lipinski definition) is 5. The van der Waals surface area contributed by atoms with Crippen LogP contribution in [0.2, 0.25) is 10.3 Å². The maximum Gasteiger partial charge on any atom is 0.305 e. The normalized spacial score (nSPS) is 19.9. The second-order valence-corrected chi connectivity index (χ2v) is 5.76. The number of halogens is 2. The Morgan fingerprint density at radius 2 is 2.33 bits per heavy atom. The van der Waals surface area contributed by atoms with Gasteiger partial charge in [-0.25, -0.2) is 0 Å². The fourth-order valence-corrected chi connectivity index (χ4v) is 3.29. The largest absolute Gasteiger partial charge is 0.481 e. The van der Waals surface area contributed by atoms with E-state index in [1.807, 2.05) is 4.90 Å². The van der Waals surface area contributed by atoms with Crippen LogP contribution in [0.15, 0.2) is 6.07 Å². The first-order valence-corrected chi connectivity index (χ1v) is 7.24. The van der Waals surface area contributed by atoms with Gasteiger partial charge in [0, 0.05) is 30.2 Å². The molecule has 1 aromatic rings. The van der Waals surface area contributed by atoms with E-state index in [0.717, 1.165) is 18.1 Å². The van der Waals surface area contributed by atoms with Crippen molar-refractivity contribution in [2.75, 3.05) is 23.0 Å². The number of carbonyl (C=O) groups is 1. The number of carboxylic acids is 1. The van der Waals surface area contributed by atoms with Crippen molar-refractivity contribution in [3.8, 4) is 0 Å². The molecule has 1 aliphatic rings. The molecule has 0 aromatic carbocycles. The molecule has 18 heavy (non-hydrogen) atoms. The summed E-state index contributed by atoms with van der Waals surface area (Å²) in [5.74, 6) is 0.853. The summed E-state index contributed by atoms with van der Waals surface area (Å²) >= 11 is 13.5. The third kappa shape index (κ3) is 3.18. The quantitative estimate of drug-likeness (QED) is 0.923. The predicted octanol–water partition coefficient (Wildman–Crippen LogP) is 2.18. The zero-order valence-corrected chi connectivity index (χ0v) is 11.7. The van der Waals surface area contributed by atoms with Gasteiger partial charge in [0.1, 0.15) is 0 Å². The molecule has 98 valence electrons. The first-order chi connectivity index (χ1) is 8.58. The highest BCUT2D eigenvalue weighted by molar-refractivity contribution is 7.99. The van der Waals surface area contributed by atoms with Crippen molar-refractivity contribution < 1.29 is 9.90 Å². The van der Waals surface area contributed by atoms with E-state index in [0.29, 0.717) is 5.69 Å². The van der Waals surface area contributed by atoms with Crippen LogP contribution in [-0.2, 0) is 4.79 Å². The van der Waals surface area contributed by atoms with E-state index in [-0.39, 0.29) is 22.8 Å². The average molecular weight is 308 g/mol. The number of thioether (sulfide) groups is 1. The van der Waals surface area contributed by atoms with E-state index in [1.54, 1.807) is 17.8 Å². The monoisotopic (exact) mass is 307 g/mol. The van der Waals surface area contributed by atoms with Crippen molar-refractivity contribution in [3.63, 3.8) is 0 Å². The second kappa shape index (κ2) is 5.95. The summed E-state index contributed by atoms with van der Waals surface area (Å²) in [5, 5.41) is 16.8. The Labute approximate surface area is 118 Å². The minimum atomic E-state index is -0.822. The number of rotatable bonds is 3. The van der Waals surface area contributed by atoms with E-state index < -0.39 is 5.97 Å². The van der Waals surface area contributed by atoms with Gasteiger partial charge in [-0.15, -0.1) is 10.2 Å². The SMILES string of the molecule is O=C(O)CC1CSCCN1c1cc(Cl)nnc1Cl. The molecule has 0 saturated carbocycles. The molecular weight excluding hydrogens is 297 g/mol. The van der Waals surface area contributed by atoms with E-state index in [2.05, 4.69) is 10.2 Å². The maximum atomic E-state index is 10.9. The molecule has 1 fully saturated rings. The van der Waals surface area contributed by atoms with Gasteiger partial charge in [0.15, 0.2) is 10.3 Å². The molecule has 8 heteroatoms. The highest BCUT2D eigenvalue weighted by Gasteiger charge is 2.27. The van der Waals surface area contributed by atoms with Gasteiger partial charge >= 0.3 is 5.97 Å². The Morgan fingerprint density at radius 1 is 1.56 bits per heavy atom. The molecule has 1 N–H and O–H groups in total. The molecule has 2 heterocycles. The van der Waals surface area contributed by atoms with Gasteiger partial charge in [-0.2, -0.15) is 11.8 Å². The Bertz CT molecular complexity index is 461. The molecule has 1 aliphatic heterocycles. The molecule has 5 nitrogen and oxygen atoms in total. The van der Waals surface area contributed by atoms with Gasteiger partial charge in [0.25, 0.3) is 0 Å². The van der Waals surface area contributed by atoms with Crippen LogP contribution in [0.25, 0.3) is 0 Å². The fourth-order valence-electron chi connectivity index (χ4n) is 1.89. The second-order valence-electron chi connectivity index (χ2n) is 3.86. The summed E-state index contributed by atoms with van der Waals surface area (Å²) in [6, 6.07) is 1.53. The van der Waals surface area contributed by atoms with Crippen LogP contribution in [0.3, 0.4) is 0 Å². The first-order valence-electron chi connectivity index (χ1n) is 5.33. The van der Waals surface area contributed by atoms with Crippen molar-refractivity contribution in [1.29, 1.82) is 0 Å². The van der Waals surface area contributed by atoms with Gasteiger partial charge in [-0.1, -0.05) is 23.2 Å². The summed E-state index contributed by atoms with van der Waals surface area (Å²) in [6.45, 7) is 0.727. The smallest absolute Gasteiger partial charge is 0.305 e. The van der Waals surface area contributed by atoms with Gasteiger partial charge in [-0.05, 0) is 0 Å². The lowest BCUT2D eigenvalue weighted by atomic mass is 10.2. The number of aliphatic carboxylic acids is 1. The van der Waals surface area contributed by atoms with Gasteiger partial charge in [0.05, 0.1) is 12.1 Å². The van der Waals surface area contributed by atoms with Crippen molar-refractivity contribution >= 4 is 46.6 Å². The molecule has 0 amide bonds. The number of carboxylic acid groups (broad SMARTS) is 1. The van der Waals surface area contributed by atoms with Crippen LogP contribution in [0.5, 0.6) is 0 Å². The van der Waals surface area contributed by atoms with Crippen LogP contribution >= 0.6 is 35.0 Å². The van der Waals surface area contributed by atoms with Crippen LogP contribution < -0.4 is 4.90 Å². The summed E-state index contributed by atoms with van der Waals surface area (Å²) in [6.07, 6.45) is 0.0727. The lowest BCUT2D eigenvalue weighted by Gasteiger charge is -2.36. The molecule has 0 aliphatic carbocycles. The first kappa shape index (κ1) is 13.7. The van der Waals surface area contributed by atoms with E-state index >= 15 is 0 Å². The molecule has 0 spiro atoms. The Morgan fingerprint density at radius 3 is 3.06 bits per heavy atom. The maximum absolute atomic E-state index is 10.9. The van der Waals surface area contributed by atoms with Crippen LogP contribution in [0.4, 0.5) is 5.69 Å². The zero-order valence-electron chi connectivity index (χ0n) is 9.34. The Hall–Kier alpha value is -0.720. The van der Waals surface area contributed by atoms with Gasteiger partial charge < -0.3 is 10.0 Å². The molecule has 0 bridgehead atoms. The highest BCUT2D eigenvalue weighted by atomic mass is 35.5. The van der Waals surface area contributed by atoms with Gasteiger partial charge in [0.2, 0.25) is 0 Å². The summed E-state index contributed by atoms with van der Waals surface area (Å²) in [7, 11) is 0. The molecule has 1 aromatic heterocycles. The fraction of sp³-hybridized carbons (Fsp3) is 0.500. The van der Waals surface area contributed by atoms with Crippen molar-refractivity contribution in [3.05, 3.63) is 16.4 Å². The minimum Gasteiger partial charge on any atom is -0.481 e. The molecule has 0 radical (unpaired) electrons. The van der Waals surface area contributed by atoms with Crippen LogP contribution in [0, 0.1) is 0 Å². The van der Waals surface area contributed by atoms with E-state index in [4.69, 9.17) is 28.3 Å². The topological polar surface area (TPSA) is 66.3 Å². The van der Waals surface area contributed by atoms with Crippen molar-refractivity contribution in [2.24, 2.45) is 0 Å². The molecule has 1 unspecified atom stereocenters. The van der Waals surface area contributed by atoms with Crippen LogP contribution in [0.1, 0.15) is 6.42 Å². The van der Waals surface area contributed by atoms with Crippen LogP contribution in [-0.4, -0.2) is 45.4 Å².